The Morgan fingerprint density at radius 1 is 1.50 bits per heavy atom. The van der Waals surface area contributed by atoms with Crippen LogP contribution in [0.2, 0.25) is 0 Å². The van der Waals surface area contributed by atoms with Crippen molar-refractivity contribution in [1.29, 1.82) is 0 Å². The maximum absolute atomic E-state index is 11.1. The van der Waals surface area contributed by atoms with E-state index in [1.54, 1.807) is 0 Å². The average Bonchev–Trinajstić information content (AvgIpc) is 2.36. The summed E-state index contributed by atoms with van der Waals surface area (Å²) in [6, 6.07) is 4.37. The van der Waals surface area contributed by atoms with E-state index in [2.05, 4.69) is 9.72 Å². The highest BCUT2D eigenvalue weighted by atomic mass is 16.5. The fourth-order valence-corrected chi connectivity index (χ4v) is 1.13. The van der Waals surface area contributed by atoms with Gasteiger partial charge in [-0.05, 0) is 12.1 Å². The highest BCUT2D eigenvalue weighted by Crippen LogP contribution is 2.14. The number of ether oxygens (including phenoxy) is 1. The van der Waals surface area contributed by atoms with Gasteiger partial charge in [-0.15, -0.1) is 0 Å². The first-order chi connectivity index (χ1) is 7.60. The minimum Gasteiger partial charge on any atom is -0.464 e. The lowest BCUT2D eigenvalue weighted by molar-refractivity contribution is -0.0173. The van der Waals surface area contributed by atoms with Crippen molar-refractivity contribution in [3.63, 3.8) is 0 Å². The second-order valence-corrected chi connectivity index (χ2v) is 3.13. The molecule has 2 atom stereocenters. The molecule has 1 aromatic rings. The van der Waals surface area contributed by atoms with Gasteiger partial charge in [-0.3, -0.25) is 0 Å². The zero-order valence-corrected chi connectivity index (χ0v) is 8.70. The van der Waals surface area contributed by atoms with Crippen molar-refractivity contribution >= 4 is 5.97 Å². The summed E-state index contributed by atoms with van der Waals surface area (Å²) in [5, 5.41) is 27.4. The van der Waals surface area contributed by atoms with Crippen molar-refractivity contribution in [2.75, 3.05) is 13.7 Å². The predicted molar refractivity (Wildman–Crippen MR) is 53.6 cm³/mol. The number of hydrogen-bond acceptors (Lipinski definition) is 6. The Morgan fingerprint density at radius 2 is 2.19 bits per heavy atom. The molecular formula is C10H13NO5. The Balaban J connectivity index is 2.94. The number of rotatable bonds is 4. The third-order valence-corrected chi connectivity index (χ3v) is 2.02. The molecule has 1 rings (SSSR count). The SMILES string of the molecule is COC(=O)c1cccc(C(O)C(O)CO)n1. The van der Waals surface area contributed by atoms with E-state index >= 15 is 0 Å². The maximum Gasteiger partial charge on any atom is 0.356 e. The van der Waals surface area contributed by atoms with Crippen LogP contribution in [0.5, 0.6) is 0 Å². The first-order valence-corrected chi connectivity index (χ1v) is 4.62. The molecular weight excluding hydrogens is 214 g/mol. The quantitative estimate of drug-likeness (QED) is 0.585. The van der Waals surface area contributed by atoms with Gasteiger partial charge in [0.2, 0.25) is 0 Å². The van der Waals surface area contributed by atoms with Crippen LogP contribution in [0.1, 0.15) is 22.3 Å². The van der Waals surface area contributed by atoms with Crippen molar-refractivity contribution in [2.24, 2.45) is 0 Å². The van der Waals surface area contributed by atoms with Crippen molar-refractivity contribution < 1.29 is 24.9 Å². The number of carbonyl (C=O) groups is 1. The van der Waals surface area contributed by atoms with Crippen LogP contribution >= 0.6 is 0 Å². The molecule has 2 unspecified atom stereocenters. The lowest BCUT2D eigenvalue weighted by Gasteiger charge is -2.15. The molecule has 16 heavy (non-hydrogen) atoms. The summed E-state index contributed by atoms with van der Waals surface area (Å²) in [5.41, 5.74) is 0.133. The van der Waals surface area contributed by atoms with Crippen LogP contribution in [0.4, 0.5) is 0 Å². The van der Waals surface area contributed by atoms with E-state index in [1.807, 2.05) is 0 Å². The minimum atomic E-state index is -1.34. The first kappa shape index (κ1) is 12.6. The summed E-state index contributed by atoms with van der Waals surface area (Å²) in [6.07, 6.45) is -2.67. The lowest BCUT2D eigenvalue weighted by atomic mass is 10.1. The molecule has 0 saturated heterocycles. The topological polar surface area (TPSA) is 99.9 Å². The van der Waals surface area contributed by atoms with Gasteiger partial charge < -0.3 is 20.1 Å². The van der Waals surface area contributed by atoms with E-state index in [9.17, 15) is 15.0 Å². The molecule has 6 heteroatoms. The average molecular weight is 227 g/mol. The Morgan fingerprint density at radius 3 is 2.75 bits per heavy atom. The van der Waals surface area contributed by atoms with E-state index in [1.165, 1.54) is 25.3 Å². The number of hydrogen-bond donors (Lipinski definition) is 3. The second-order valence-electron chi connectivity index (χ2n) is 3.13. The van der Waals surface area contributed by atoms with Gasteiger partial charge in [0.15, 0.2) is 0 Å². The number of carbonyl (C=O) groups excluding carboxylic acids is 1. The van der Waals surface area contributed by atoms with Gasteiger partial charge in [0.25, 0.3) is 0 Å². The van der Waals surface area contributed by atoms with Crippen molar-refractivity contribution in [2.45, 2.75) is 12.2 Å². The summed E-state index contributed by atoms with van der Waals surface area (Å²) < 4.78 is 4.46. The zero-order valence-electron chi connectivity index (χ0n) is 8.70. The fourth-order valence-electron chi connectivity index (χ4n) is 1.13. The van der Waals surface area contributed by atoms with Gasteiger partial charge in [0.05, 0.1) is 19.4 Å². The van der Waals surface area contributed by atoms with E-state index in [4.69, 9.17) is 5.11 Å². The third-order valence-electron chi connectivity index (χ3n) is 2.02. The number of nitrogens with zero attached hydrogens (tertiary/aromatic N) is 1. The minimum absolute atomic E-state index is 0.0317. The normalized spacial score (nSPS) is 14.2. The smallest absolute Gasteiger partial charge is 0.356 e. The maximum atomic E-state index is 11.1. The van der Waals surface area contributed by atoms with Gasteiger partial charge in [-0.2, -0.15) is 0 Å². The molecule has 0 bridgehead atoms. The largest absolute Gasteiger partial charge is 0.464 e. The van der Waals surface area contributed by atoms with Crippen molar-refractivity contribution in [1.82, 2.24) is 4.98 Å². The van der Waals surface area contributed by atoms with Crippen molar-refractivity contribution in [3.8, 4) is 0 Å². The summed E-state index contributed by atoms with van der Waals surface area (Å²) in [6.45, 7) is -0.592. The number of aliphatic hydroxyl groups is 3. The molecule has 0 amide bonds. The first-order valence-electron chi connectivity index (χ1n) is 4.62. The van der Waals surface area contributed by atoms with Crippen LogP contribution in [0.25, 0.3) is 0 Å². The van der Waals surface area contributed by atoms with Crippen molar-refractivity contribution in [3.05, 3.63) is 29.6 Å². The molecule has 0 spiro atoms. The van der Waals surface area contributed by atoms with Gasteiger partial charge in [-0.25, -0.2) is 9.78 Å². The standard InChI is InChI=1S/C10H13NO5/c1-16-10(15)7-4-2-3-6(11-7)9(14)8(13)5-12/h2-4,8-9,12-14H,5H2,1H3. The molecule has 3 N–H and O–H groups in total. The Labute approximate surface area is 92.1 Å². The third kappa shape index (κ3) is 2.75. The number of pyridine rings is 1. The summed E-state index contributed by atoms with van der Waals surface area (Å²) >= 11 is 0. The van der Waals surface area contributed by atoms with Crippen LogP contribution in [0, 0.1) is 0 Å². The molecule has 0 aromatic carbocycles. The summed E-state index contributed by atoms with van der Waals surface area (Å²) in [4.78, 5) is 15.0. The Bertz CT molecular complexity index is 368. The van der Waals surface area contributed by atoms with E-state index < -0.39 is 24.8 Å². The van der Waals surface area contributed by atoms with E-state index in [-0.39, 0.29) is 11.4 Å². The van der Waals surface area contributed by atoms with E-state index in [0.717, 1.165) is 0 Å². The van der Waals surface area contributed by atoms with Crippen LogP contribution in [-0.4, -0.2) is 46.1 Å². The highest BCUT2D eigenvalue weighted by molar-refractivity contribution is 5.87. The van der Waals surface area contributed by atoms with Crippen LogP contribution in [0.3, 0.4) is 0 Å². The number of aliphatic hydroxyl groups excluding tert-OH is 3. The Hall–Kier alpha value is -1.50. The van der Waals surface area contributed by atoms with Crippen LogP contribution in [-0.2, 0) is 4.74 Å². The molecule has 0 fully saturated rings. The van der Waals surface area contributed by atoms with Gasteiger partial charge >= 0.3 is 5.97 Å². The second kappa shape index (κ2) is 5.55. The Kier molecular flexibility index (Phi) is 4.36. The molecule has 1 aromatic heterocycles. The fraction of sp³-hybridized carbons (Fsp3) is 0.400. The zero-order chi connectivity index (χ0) is 12.1. The molecule has 0 aliphatic carbocycles. The number of methoxy groups -OCH3 is 1. The monoisotopic (exact) mass is 227 g/mol. The number of esters is 1. The molecule has 88 valence electrons. The number of aromatic nitrogens is 1. The molecule has 1 heterocycles. The van der Waals surface area contributed by atoms with E-state index in [0.29, 0.717) is 0 Å². The summed E-state index contributed by atoms with van der Waals surface area (Å²) in [5.74, 6) is -0.632. The van der Waals surface area contributed by atoms with Gasteiger partial charge in [-0.1, -0.05) is 6.07 Å². The molecule has 0 aliphatic rings. The van der Waals surface area contributed by atoms with Crippen LogP contribution in [0.15, 0.2) is 18.2 Å². The molecule has 0 saturated carbocycles. The lowest BCUT2D eigenvalue weighted by Crippen LogP contribution is -2.23. The highest BCUT2D eigenvalue weighted by Gasteiger charge is 2.20. The predicted octanol–water partition coefficient (Wildman–Crippen LogP) is -0.745. The molecule has 0 aliphatic heterocycles. The molecule has 0 radical (unpaired) electrons. The molecule has 6 nitrogen and oxygen atoms in total. The van der Waals surface area contributed by atoms with Gasteiger partial charge in [0.1, 0.15) is 17.9 Å². The van der Waals surface area contributed by atoms with Crippen LogP contribution < -0.4 is 0 Å². The van der Waals surface area contributed by atoms with Gasteiger partial charge in [0, 0.05) is 0 Å². The summed E-state index contributed by atoms with van der Waals surface area (Å²) in [7, 11) is 1.22.